The monoisotopic (exact) mass is 537 g/mol. The van der Waals surface area contributed by atoms with Gasteiger partial charge in [0.25, 0.3) is 0 Å². The molecule has 196 valence electrons. The van der Waals surface area contributed by atoms with E-state index in [-0.39, 0.29) is 22.9 Å². The van der Waals surface area contributed by atoms with Gasteiger partial charge in [-0.05, 0) is 30.2 Å². The van der Waals surface area contributed by atoms with E-state index in [9.17, 15) is 17.6 Å². The van der Waals surface area contributed by atoms with E-state index in [1.165, 1.54) is 30.7 Å². The number of carbonyl (C=O) groups is 1. The van der Waals surface area contributed by atoms with Gasteiger partial charge in [0.15, 0.2) is 33.6 Å². The second-order valence-electron chi connectivity index (χ2n) is 8.64. The lowest BCUT2D eigenvalue weighted by Gasteiger charge is -2.13. The van der Waals surface area contributed by atoms with Gasteiger partial charge < -0.3 is 14.8 Å². The minimum absolute atomic E-state index is 0.0631. The quantitative estimate of drug-likeness (QED) is 0.180. The zero-order chi connectivity index (χ0) is 27.3. The van der Waals surface area contributed by atoms with E-state index in [0.717, 1.165) is 17.4 Å². The maximum Gasteiger partial charge on any atom is 0.303 e. The van der Waals surface area contributed by atoms with Crippen molar-refractivity contribution in [2.24, 2.45) is 4.99 Å². The first-order valence-corrected chi connectivity index (χ1v) is 13.5. The highest BCUT2D eigenvalue weighted by molar-refractivity contribution is 7.91. The van der Waals surface area contributed by atoms with E-state index >= 15 is 0 Å². The van der Waals surface area contributed by atoms with Gasteiger partial charge in [-0.1, -0.05) is 36.4 Å². The topological polar surface area (TPSA) is 149 Å². The minimum Gasteiger partial charge on any atom is -0.481 e. The number of aliphatic imine (C=N–C) groups is 1. The summed E-state index contributed by atoms with van der Waals surface area (Å²) >= 11 is 0. The van der Waals surface area contributed by atoms with Gasteiger partial charge in [-0.25, -0.2) is 12.8 Å². The molecule has 0 saturated heterocycles. The molecule has 11 heteroatoms. The summed E-state index contributed by atoms with van der Waals surface area (Å²) in [6.07, 6.45) is 4.54. The number of halogens is 1. The molecular formula is C27H26FN4O5S+. The number of hydrogen-bond donors (Lipinski definition) is 4. The van der Waals surface area contributed by atoms with Crippen LogP contribution in [0.1, 0.15) is 23.1 Å². The highest BCUT2D eigenvalue weighted by Crippen LogP contribution is 2.37. The van der Waals surface area contributed by atoms with Gasteiger partial charge in [0.2, 0.25) is 0 Å². The van der Waals surface area contributed by atoms with Crippen LogP contribution in [0.3, 0.4) is 0 Å². The van der Waals surface area contributed by atoms with Crippen LogP contribution in [0.4, 0.5) is 4.39 Å². The van der Waals surface area contributed by atoms with Crippen molar-refractivity contribution in [3.63, 3.8) is 0 Å². The van der Waals surface area contributed by atoms with Crippen molar-refractivity contribution in [3.05, 3.63) is 89.4 Å². The average molecular weight is 538 g/mol. The third-order valence-electron chi connectivity index (χ3n) is 5.70. The van der Waals surface area contributed by atoms with E-state index in [2.05, 4.69) is 9.98 Å². The summed E-state index contributed by atoms with van der Waals surface area (Å²) in [7, 11) is -3.83. The Morgan fingerprint density at radius 1 is 1.16 bits per heavy atom. The van der Waals surface area contributed by atoms with Gasteiger partial charge in [0.1, 0.15) is 17.2 Å². The number of aliphatic carboxylic acids is 1. The first-order chi connectivity index (χ1) is 18.1. The molecular weight excluding hydrogens is 511 g/mol. The van der Waals surface area contributed by atoms with E-state index in [1.807, 2.05) is 24.3 Å². The molecule has 0 aliphatic rings. The van der Waals surface area contributed by atoms with Crippen molar-refractivity contribution in [2.45, 2.75) is 24.3 Å². The molecule has 3 aromatic carbocycles. The Labute approximate surface area is 218 Å². The molecule has 1 aromatic heterocycles. The number of aromatic amines is 1. The molecule has 0 spiro atoms. The summed E-state index contributed by atoms with van der Waals surface area (Å²) in [4.78, 5) is 17.5. The number of fused-ring (bicyclic) bond motifs is 1. The zero-order valence-electron chi connectivity index (χ0n) is 20.4. The van der Waals surface area contributed by atoms with Crippen molar-refractivity contribution in [2.75, 3.05) is 6.26 Å². The number of nitrogens with zero attached hydrogens (tertiary/aromatic N) is 1. The number of carboxylic acids is 1. The molecule has 4 aromatic rings. The predicted molar refractivity (Wildman–Crippen MR) is 141 cm³/mol. The summed E-state index contributed by atoms with van der Waals surface area (Å²) in [5, 5.41) is 19.2. The van der Waals surface area contributed by atoms with E-state index < -0.39 is 27.4 Å². The van der Waals surface area contributed by atoms with Crippen LogP contribution in [0.5, 0.6) is 11.5 Å². The van der Waals surface area contributed by atoms with Gasteiger partial charge in [-0.3, -0.25) is 15.5 Å². The molecule has 0 unspecified atom stereocenters. The van der Waals surface area contributed by atoms with Crippen LogP contribution in [-0.4, -0.2) is 42.9 Å². The molecule has 0 aliphatic heterocycles. The molecule has 5 N–H and O–H groups in total. The summed E-state index contributed by atoms with van der Waals surface area (Å²) in [5.74, 6) is -1.99. The van der Waals surface area contributed by atoms with Crippen LogP contribution in [0.2, 0.25) is 0 Å². The van der Waals surface area contributed by atoms with Crippen molar-refractivity contribution < 1.29 is 32.8 Å². The van der Waals surface area contributed by atoms with Gasteiger partial charge >= 0.3 is 5.97 Å². The number of nitrogens with one attached hydrogen (secondary N) is 2. The smallest absolute Gasteiger partial charge is 0.303 e. The predicted octanol–water partition coefficient (Wildman–Crippen LogP) is 3.64. The van der Waals surface area contributed by atoms with E-state index in [0.29, 0.717) is 29.4 Å². The molecule has 0 atom stereocenters. The van der Waals surface area contributed by atoms with Crippen molar-refractivity contribution in [3.8, 4) is 11.5 Å². The summed E-state index contributed by atoms with van der Waals surface area (Å²) in [5.41, 5.74) is 2.66. The van der Waals surface area contributed by atoms with Crippen molar-refractivity contribution >= 4 is 38.9 Å². The first-order valence-electron chi connectivity index (χ1n) is 11.6. The zero-order valence-corrected chi connectivity index (χ0v) is 21.3. The maximum absolute atomic E-state index is 14.9. The Hall–Kier alpha value is -4.35. The molecule has 9 nitrogen and oxygen atoms in total. The summed E-state index contributed by atoms with van der Waals surface area (Å²) < 4.78 is 45.5. The van der Waals surface area contributed by atoms with Gasteiger partial charge in [-0.2, -0.15) is 4.99 Å². The van der Waals surface area contributed by atoms with Gasteiger partial charge in [0.05, 0.1) is 0 Å². The molecule has 0 aliphatic carbocycles. The number of amidine groups is 1. The number of nitrogens with two attached hydrogens (primary N) is 1. The van der Waals surface area contributed by atoms with Crippen molar-refractivity contribution in [1.29, 1.82) is 5.41 Å². The number of carboxylic acid groups (broad SMARTS) is 1. The Balaban J connectivity index is 1.45. The number of hydrogen-bond acceptors (Lipinski definition) is 5. The molecule has 0 radical (unpaired) electrons. The first kappa shape index (κ1) is 26.7. The molecule has 0 saturated carbocycles. The fraction of sp³-hybridized carbons (Fsp3) is 0.148. The number of benzene rings is 3. The number of sulfone groups is 1. The molecule has 4 rings (SSSR count). The third kappa shape index (κ3) is 6.50. The Bertz CT molecular complexity index is 1650. The second-order valence-corrected chi connectivity index (χ2v) is 10.6. The summed E-state index contributed by atoms with van der Waals surface area (Å²) in [6.45, 7) is 0.552. The second kappa shape index (κ2) is 11.4. The Morgan fingerprint density at radius 3 is 2.68 bits per heavy atom. The van der Waals surface area contributed by atoms with Gasteiger partial charge in [0, 0.05) is 47.0 Å². The van der Waals surface area contributed by atoms with Crippen LogP contribution < -0.4 is 10.1 Å². The fourth-order valence-electron chi connectivity index (χ4n) is 3.96. The lowest BCUT2D eigenvalue weighted by Crippen LogP contribution is -2.81. The highest BCUT2D eigenvalue weighted by atomic mass is 32.2. The Kier molecular flexibility index (Phi) is 7.99. The lowest BCUT2D eigenvalue weighted by atomic mass is 10.1. The minimum atomic E-state index is -3.83. The number of aromatic nitrogens is 1. The van der Waals surface area contributed by atoms with E-state index in [4.69, 9.17) is 15.3 Å². The maximum atomic E-state index is 14.9. The van der Waals surface area contributed by atoms with Gasteiger partial charge in [-0.15, -0.1) is 0 Å². The lowest BCUT2D eigenvalue weighted by molar-refractivity contribution is -0.547. The number of rotatable bonds is 10. The van der Waals surface area contributed by atoms with E-state index in [1.54, 1.807) is 23.5 Å². The number of ether oxygens (including phenoxy) is 1. The molecule has 0 fully saturated rings. The molecule has 0 amide bonds. The van der Waals surface area contributed by atoms with Crippen LogP contribution >= 0.6 is 0 Å². The van der Waals surface area contributed by atoms with Crippen LogP contribution in [0, 0.1) is 11.2 Å². The number of aryl methyl sites for hydroxylation is 1. The van der Waals surface area contributed by atoms with Crippen LogP contribution in [0.15, 0.2) is 76.7 Å². The SMILES string of the molecule is CS(=O)(=O)c1c(Oc2cccc(C(=N)N=C[NH2+]Cc3cccc(CCC(=O)O)c3)c2)c(F)cc2[nH]ccc12. The fourth-order valence-corrected chi connectivity index (χ4v) is 5.02. The largest absolute Gasteiger partial charge is 0.481 e. The van der Waals surface area contributed by atoms with Crippen molar-refractivity contribution in [1.82, 2.24) is 4.98 Å². The number of H-pyrrole nitrogens is 1. The van der Waals surface area contributed by atoms with Crippen LogP contribution in [-0.2, 0) is 27.6 Å². The third-order valence-corrected chi connectivity index (χ3v) is 6.84. The molecule has 38 heavy (non-hydrogen) atoms. The molecule has 0 bridgehead atoms. The summed E-state index contributed by atoms with van der Waals surface area (Å²) in [6, 6.07) is 16.6. The van der Waals surface area contributed by atoms with Crippen LogP contribution in [0.25, 0.3) is 10.9 Å². The highest BCUT2D eigenvalue weighted by Gasteiger charge is 2.24. The standard InChI is InChI=1S/C27H25FN4O5S/c1-38(35,36)26-21-10-11-31-23(21)14-22(28)25(26)37-20-7-3-6-19(13-20)27(29)32-16-30-15-18-5-2-4-17(12-18)8-9-24(33)34/h2-7,10-14,16,31H,8-9,15H2,1H3,(H,33,34)(H2,29,30,32)/p+1. The average Bonchev–Trinajstić information content (AvgIpc) is 3.32. The number of quaternary nitrogens is 1. The normalized spacial score (nSPS) is 11.7. The molecule has 1 heterocycles. The Morgan fingerprint density at radius 2 is 1.92 bits per heavy atom.